The number of aryl methyl sites for hydroxylation is 1. The molecule has 2 aliphatic carbocycles. The van der Waals surface area contributed by atoms with Crippen molar-refractivity contribution < 1.29 is 15.0 Å². The maximum absolute atomic E-state index is 13.1. The molecule has 3 N–H and O–H groups in total. The first-order chi connectivity index (χ1) is 13.6. The van der Waals surface area contributed by atoms with E-state index >= 15 is 0 Å². The summed E-state index contributed by atoms with van der Waals surface area (Å²) in [6.07, 6.45) is 11.5. The van der Waals surface area contributed by atoms with Gasteiger partial charge in [0.15, 0.2) is 0 Å². The van der Waals surface area contributed by atoms with Crippen molar-refractivity contribution in [3.8, 4) is 11.5 Å². The highest BCUT2D eigenvalue weighted by Gasteiger charge is 2.27. The first-order valence-electron chi connectivity index (χ1n) is 10.1. The summed E-state index contributed by atoms with van der Waals surface area (Å²) in [7, 11) is 0. The number of benzene rings is 1. The summed E-state index contributed by atoms with van der Waals surface area (Å²) in [6.45, 7) is 0. The third-order valence-electron chi connectivity index (χ3n) is 5.66. The molecule has 1 aromatic heterocycles. The molecule has 0 aliphatic heterocycles. The number of rotatable bonds is 4. The van der Waals surface area contributed by atoms with Gasteiger partial charge in [-0.25, -0.2) is 4.99 Å². The summed E-state index contributed by atoms with van der Waals surface area (Å²) in [5, 5.41) is 23.4. The van der Waals surface area contributed by atoms with E-state index in [9.17, 15) is 15.0 Å². The number of aromatic hydroxyl groups is 2. The molecule has 4 rings (SSSR count). The fourth-order valence-corrected chi connectivity index (χ4v) is 5.38. The molecule has 0 radical (unpaired) electrons. The van der Waals surface area contributed by atoms with Gasteiger partial charge in [0.25, 0.3) is 5.91 Å². The highest BCUT2D eigenvalue weighted by Crippen LogP contribution is 2.40. The Morgan fingerprint density at radius 1 is 1.11 bits per heavy atom. The van der Waals surface area contributed by atoms with Gasteiger partial charge in [-0.05, 0) is 56.2 Å². The number of phenolic OH excluding ortho intramolecular Hbond substituents is 2. The van der Waals surface area contributed by atoms with Crippen LogP contribution in [0.25, 0.3) is 0 Å². The van der Waals surface area contributed by atoms with Crippen LogP contribution in [0.3, 0.4) is 0 Å². The fourth-order valence-electron chi connectivity index (χ4n) is 4.15. The van der Waals surface area contributed by atoms with Gasteiger partial charge in [-0.2, -0.15) is 0 Å². The monoisotopic (exact) mass is 398 g/mol. The van der Waals surface area contributed by atoms with E-state index in [4.69, 9.17) is 0 Å². The van der Waals surface area contributed by atoms with Crippen LogP contribution in [0.15, 0.2) is 23.2 Å². The number of hydrogen-bond acceptors (Lipinski definition) is 5. The molecule has 1 saturated carbocycles. The van der Waals surface area contributed by atoms with Crippen molar-refractivity contribution in [3.63, 3.8) is 0 Å². The molecule has 1 fully saturated rings. The first-order valence-corrected chi connectivity index (χ1v) is 10.9. The molecule has 148 valence electrons. The summed E-state index contributed by atoms with van der Waals surface area (Å²) in [5.74, 6) is -0.0274. The third-order valence-corrected chi connectivity index (χ3v) is 6.85. The third kappa shape index (κ3) is 4.07. The standard InChI is InChI=1S/C22H26N2O3S/c25-16-11-10-14(18(26)12-16)13-23-22-20(17-8-4-5-9-19(17)28-22)21(27)24-15-6-2-1-3-7-15/h10-13,15,25-26H,1-9H2,(H,24,27). The zero-order valence-electron chi connectivity index (χ0n) is 15.9. The van der Waals surface area contributed by atoms with Gasteiger partial charge in [-0.3, -0.25) is 4.79 Å². The van der Waals surface area contributed by atoms with Crippen molar-refractivity contribution in [2.75, 3.05) is 0 Å². The lowest BCUT2D eigenvalue weighted by atomic mass is 9.93. The summed E-state index contributed by atoms with van der Waals surface area (Å²) >= 11 is 1.59. The SMILES string of the molecule is O=C(NC1CCCCC1)c1c(N=Cc2ccc(O)cc2O)sc2c1CCCC2. The lowest BCUT2D eigenvalue weighted by molar-refractivity contribution is 0.0927. The van der Waals surface area contributed by atoms with E-state index in [0.29, 0.717) is 10.6 Å². The number of fused-ring (bicyclic) bond motifs is 1. The molecule has 5 nitrogen and oxygen atoms in total. The number of thiophene rings is 1. The van der Waals surface area contributed by atoms with Gasteiger partial charge < -0.3 is 15.5 Å². The summed E-state index contributed by atoms with van der Waals surface area (Å²) in [6, 6.07) is 4.68. The quantitative estimate of drug-likeness (QED) is 0.644. The summed E-state index contributed by atoms with van der Waals surface area (Å²) in [5.41, 5.74) is 2.40. The van der Waals surface area contributed by atoms with Crippen molar-refractivity contribution in [3.05, 3.63) is 39.8 Å². The Balaban J connectivity index is 1.63. The van der Waals surface area contributed by atoms with Crippen LogP contribution in [-0.2, 0) is 12.8 Å². The molecular formula is C22H26N2O3S. The van der Waals surface area contributed by atoms with Crippen LogP contribution in [0.4, 0.5) is 5.00 Å². The van der Waals surface area contributed by atoms with Gasteiger partial charge >= 0.3 is 0 Å². The Bertz CT molecular complexity index is 897. The molecule has 1 amide bonds. The van der Waals surface area contributed by atoms with Crippen LogP contribution in [0, 0.1) is 0 Å². The first kappa shape index (κ1) is 19.0. The second-order valence-corrected chi connectivity index (χ2v) is 8.78. The van der Waals surface area contributed by atoms with Crippen LogP contribution in [0.1, 0.15) is 71.3 Å². The molecule has 0 spiro atoms. The number of hydrogen-bond donors (Lipinski definition) is 3. The lowest BCUT2D eigenvalue weighted by Crippen LogP contribution is -2.36. The molecule has 2 aromatic rings. The molecular weight excluding hydrogens is 372 g/mol. The van der Waals surface area contributed by atoms with E-state index in [1.165, 1.54) is 36.3 Å². The van der Waals surface area contributed by atoms with Crippen molar-refractivity contribution >= 4 is 28.5 Å². The molecule has 0 atom stereocenters. The molecule has 1 aromatic carbocycles. The van der Waals surface area contributed by atoms with E-state index in [2.05, 4.69) is 10.3 Å². The molecule has 0 unspecified atom stereocenters. The van der Waals surface area contributed by atoms with Crippen LogP contribution in [0.5, 0.6) is 11.5 Å². The zero-order chi connectivity index (χ0) is 19.5. The van der Waals surface area contributed by atoms with E-state index in [1.807, 2.05) is 0 Å². The Labute approximate surface area is 169 Å². The van der Waals surface area contributed by atoms with Gasteiger partial charge in [0, 0.05) is 28.8 Å². The average Bonchev–Trinajstić information content (AvgIpc) is 3.06. The summed E-state index contributed by atoms with van der Waals surface area (Å²) in [4.78, 5) is 19.0. The predicted molar refractivity (Wildman–Crippen MR) is 112 cm³/mol. The van der Waals surface area contributed by atoms with Crippen LogP contribution >= 0.6 is 11.3 Å². The largest absolute Gasteiger partial charge is 0.508 e. The topological polar surface area (TPSA) is 81.9 Å². The second kappa shape index (κ2) is 8.35. The van der Waals surface area contributed by atoms with E-state index < -0.39 is 0 Å². The number of nitrogens with one attached hydrogen (secondary N) is 1. The van der Waals surface area contributed by atoms with Crippen molar-refractivity contribution in [1.29, 1.82) is 0 Å². The van der Waals surface area contributed by atoms with E-state index in [-0.39, 0.29) is 23.4 Å². The Kier molecular flexibility index (Phi) is 5.67. The van der Waals surface area contributed by atoms with Crippen LogP contribution < -0.4 is 5.32 Å². The Hall–Kier alpha value is -2.34. The zero-order valence-corrected chi connectivity index (χ0v) is 16.7. The minimum absolute atomic E-state index is 0.00613. The smallest absolute Gasteiger partial charge is 0.254 e. The summed E-state index contributed by atoms with van der Waals surface area (Å²) < 4.78 is 0. The number of nitrogens with zero attached hydrogens (tertiary/aromatic N) is 1. The van der Waals surface area contributed by atoms with Crippen molar-refractivity contribution in [1.82, 2.24) is 5.32 Å². The number of carbonyl (C=O) groups excluding carboxylic acids is 1. The minimum atomic E-state index is -0.0294. The molecule has 1 heterocycles. The fraction of sp³-hybridized carbons (Fsp3) is 0.455. The highest BCUT2D eigenvalue weighted by atomic mass is 32.1. The lowest BCUT2D eigenvalue weighted by Gasteiger charge is -2.23. The van der Waals surface area contributed by atoms with Gasteiger partial charge in [0.05, 0.1) is 5.56 Å². The number of amides is 1. The second-order valence-electron chi connectivity index (χ2n) is 7.70. The van der Waals surface area contributed by atoms with Crippen LogP contribution in [0.2, 0.25) is 0 Å². The molecule has 2 aliphatic rings. The predicted octanol–water partition coefficient (Wildman–Crippen LogP) is 4.85. The highest BCUT2D eigenvalue weighted by molar-refractivity contribution is 7.16. The normalized spacial score (nSPS) is 17.6. The van der Waals surface area contributed by atoms with Crippen molar-refractivity contribution in [2.45, 2.75) is 63.8 Å². The average molecular weight is 399 g/mol. The Morgan fingerprint density at radius 3 is 2.68 bits per heavy atom. The van der Waals surface area contributed by atoms with Gasteiger partial charge in [0.1, 0.15) is 16.5 Å². The van der Waals surface area contributed by atoms with E-state index in [1.54, 1.807) is 23.6 Å². The molecule has 28 heavy (non-hydrogen) atoms. The van der Waals surface area contributed by atoms with Gasteiger partial charge in [-0.1, -0.05) is 19.3 Å². The molecule has 6 heteroatoms. The number of phenols is 2. The molecule has 0 saturated heterocycles. The van der Waals surface area contributed by atoms with Gasteiger partial charge in [-0.15, -0.1) is 11.3 Å². The van der Waals surface area contributed by atoms with Gasteiger partial charge in [0.2, 0.25) is 0 Å². The maximum Gasteiger partial charge on any atom is 0.254 e. The molecule has 0 bridgehead atoms. The number of aliphatic imine (C=N–C) groups is 1. The minimum Gasteiger partial charge on any atom is -0.508 e. The van der Waals surface area contributed by atoms with Crippen molar-refractivity contribution in [2.24, 2.45) is 4.99 Å². The Morgan fingerprint density at radius 2 is 1.89 bits per heavy atom. The van der Waals surface area contributed by atoms with Crippen LogP contribution in [-0.4, -0.2) is 28.4 Å². The van der Waals surface area contributed by atoms with E-state index in [0.717, 1.165) is 49.7 Å². The number of carbonyl (C=O) groups is 1. The maximum atomic E-state index is 13.1.